The molecule has 0 amide bonds. The Bertz CT molecular complexity index is 543. The summed E-state index contributed by atoms with van der Waals surface area (Å²) in [5.74, 6) is -0.400. The van der Waals surface area contributed by atoms with E-state index in [0.717, 1.165) is 50.9 Å². The van der Waals surface area contributed by atoms with Gasteiger partial charge in [-0.1, -0.05) is 25.7 Å². The van der Waals surface area contributed by atoms with E-state index in [9.17, 15) is 14.4 Å². The van der Waals surface area contributed by atoms with E-state index in [0.29, 0.717) is 38.4 Å². The monoisotopic (exact) mass is 392 g/mol. The smallest absolute Gasteiger partial charge is 0.330 e. The normalized spacial score (nSPS) is 19.1. The fourth-order valence-electron chi connectivity index (χ4n) is 2.96. The third-order valence-electron chi connectivity index (χ3n) is 4.64. The Morgan fingerprint density at radius 1 is 1.00 bits per heavy atom. The highest BCUT2D eigenvalue weighted by Gasteiger charge is 2.27. The molecule has 1 fully saturated rings. The van der Waals surface area contributed by atoms with E-state index in [1.165, 1.54) is 0 Å². The van der Waals surface area contributed by atoms with Crippen LogP contribution in [0.2, 0.25) is 0 Å². The Balaban J connectivity index is 1.99. The second-order valence-corrected chi connectivity index (χ2v) is 6.90. The molecule has 0 aromatic rings. The first-order valence-corrected chi connectivity index (χ1v) is 9.96. The van der Waals surface area contributed by atoms with Crippen molar-refractivity contribution in [2.24, 2.45) is 11.8 Å². The number of allylic oxidation sites excluding steroid dienone is 1. The van der Waals surface area contributed by atoms with Gasteiger partial charge >= 0.3 is 11.9 Å². The fourth-order valence-corrected chi connectivity index (χ4v) is 2.96. The van der Waals surface area contributed by atoms with Crippen LogP contribution in [-0.2, 0) is 28.6 Å². The molecule has 0 aromatic carbocycles. The van der Waals surface area contributed by atoms with E-state index in [2.05, 4.69) is 13.2 Å². The number of ether oxygens (including phenoxy) is 3. The van der Waals surface area contributed by atoms with Crippen molar-refractivity contribution in [3.8, 4) is 0 Å². The molecule has 0 atom stereocenters. The van der Waals surface area contributed by atoms with Gasteiger partial charge in [0.25, 0.3) is 0 Å². The van der Waals surface area contributed by atoms with Gasteiger partial charge < -0.3 is 19.0 Å². The molecule has 28 heavy (non-hydrogen) atoms. The number of rotatable bonds is 14. The third-order valence-corrected chi connectivity index (χ3v) is 4.64. The molecule has 156 valence electrons. The zero-order valence-corrected chi connectivity index (χ0v) is 16.6. The Morgan fingerprint density at radius 2 is 1.68 bits per heavy atom. The first-order chi connectivity index (χ1) is 13.6. The SMILES string of the molecule is C=CC(=O)OCCCCCCOC/C=C\C(=C)OC(=O)C1CCC(C=O)CC1. The maximum Gasteiger partial charge on any atom is 0.330 e. The van der Waals surface area contributed by atoms with E-state index in [1.807, 2.05) is 0 Å². The predicted octanol–water partition coefficient (Wildman–Crippen LogP) is 3.91. The molecule has 0 aromatic heterocycles. The van der Waals surface area contributed by atoms with Crippen LogP contribution in [0.5, 0.6) is 0 Å². The number of hydrogen-bond acceptors (Lipinski definition) is 6. The van der Waals surface area contributed by atoms with Crippen molar-refractivity contribution in [1.82, 2.24) is 0 Å². The van der Waals surface area contributed by atoms with Crippen molar-refractivity contribution in [2.45, 2.75) is 51.4 Å². The van der Waals surface area contributed by atoms with Gasteiger partial charge in [-0.05, 0) is 51.0 Å². The standard InChI is InChI=1S/C22H32O6/c1-3-21(24)27-16-7-5-4-6-14-26-15-8-9-18(2)28-22(25)20-12-10-19(17-23)11-13-20/h3,8-9,17,19-20H,1-2,4-7,10-16H2/b9-8-. The third kappa shape index (κ3) is 10.8. The van der Waals surface area contributed by atoms with Crippen molar-refractivity contribution < 1.29 is 28.6 Å². The number of carbonyl (C=O) groups excluding carboxylic acids is 3. The minimum Gasteiger partial charge on any atom is -0.463 e. The Hall–Kier alpha value is -2.21. The summed E-state index contributed by atoms with van der Waals surface area (Å²) in [4.78, 5) is 33.7. The van der Waals surface area contributed by atoms with Crippen molar-refractivity contribution in [3.05, 3.63) is 37.1 Å². The lowest BCUT2D eigenvalue weighted by Gasteiger charge is -2.23. The van der Waals surface area contributed by atoms with Crippen LogP contribution in [0.4, 0.5) is 0 Å². The molecular weight excluding hydrogens is 360 g/mol. The van der Waals surface area contributed by atoms with Crippen LogP contribution in [-0.4, -0.2) is 38.0 Å². The lowest BCUT2D eigenvalue weighted by molar-refractivity contribution is -0.145. The van der Waals surface area contributed by atoms with Gasteiger partial charge in [0.15, 0.2) is 0 Å². The Kier molecular flexibility index (Phi) is 12.6. The van der Waals surface area contributed by atoms with Gasteiger partial charge in [-0.15, -0.1) is 0 Å². The van der Waals surface area contributed by atoms with Gasteiger partial charge in [0, 0.05) is 18.6 Å². The zero-order chi connectivity index (χ0) is 20.6. The Morgan fingerprint density at radius 3 is 2.32 bits per heavy atom. The highest BCUT2D eigenvalue weighted by Crippen LogP contribution is 2.28. The molecule has 1 aliphatic rings. The van der Waals surface area contributed by atoms with Crippen LogP contribution in [0.15, 0.2) is 37.1 Å². The number of unbranched alkanes of at least 4 members (excludes halogenated alkanes) is 3. The Labute approximate surface area is 167 Å². The molecule has 1 aliphatic carbocycles. The second kappa shape index (κ2) is 14.8. The molecule has 0 unspecified atom stereocenters. The van der Waals surface area contributed by atoms with Gasteiger partial charge in [0.1, 0.15) is 12.0 Å². The summed E-state index contributed by atoms with van der Waals surface area (Å²) < 4.78 is 15.6. The summed E-state index contributed by atoms with van der Waals surface area (Å²) in [5.41, 5.74) is 0. The summed E-state index contributed by atoms with van der Waals surface area (Å²) in [5, 5.41) is 0. The van der Waals surface area contributed by atoms with E-state index in [1.54, 1.807) is 12.2 Å². The second-order valence-electron chi connectivity index (χ2n) is 6.90. The average molecular weight is 392 g/mol. The largest absolute Gasteiger partial charge is 0.463 e. The molecule has 0 aliphatic heterocycles. The summed E-state index contributed by atoms with van der Waals surface area (Å²) in [6, 6.07) is 0. The first kappa shape index (κ1) is 23.8. The topological polar surface area (TPSA) is 78.9 Å². The number of aldehydes is 1. The molecular formula is C22H32O6. The summed E-state index contributed by atoms with van der Waals surface area (Å²) in [6.07, 6.45) is 12.2. The van der Waals surface area contributed by atoms with Gasteiger partial charge in [-0.3, -0.25) is 4.79 Å². The molecule has 0 radical (unpaired) electrons. The summed E-state index contributed by atoms with van der Waals surface area (Å²) in [7, 11) is 0. The van der Waals surface area contributed by atoms with E-state index >= 15 is 0 Å². The van der Waals surface area contributed by atoms with Gasteiger partial charge in [-0.25, -0.2) is 4.79 Å². The minimum absolute atomic E-state index is 0.0825. The van der Waals surface area contributed by atoms with Crippen LogP contribution < -0.4 is 0 Å². The number of hydrogen-bond donors (Lipinski definition) is 0. The number of esters is 2. The molecule has 1 rings (SSSR count). The van der Waals surface area contributed by atoms with E-state index < -0.39 is 0 Å². The maximum atomic E-state index is 12.1. The molecule has 0 N–H and O–H groups in total. The average Bonchev–Trinajstić information content (AvgIpc) is 2.71. The lowest BCUT2D eigenvalue weighted by Crippen LogP contribution is -2.23. The van der Waals surface area contributed by atoms with Gasteiger partial charge in [-0.2, -0.15) is 0 Å². The molecule has 0 bridgehead atoms. The van der Waals surface area contributed by atoms with Crippen molar-refractivity contribution >= 4 is 18.2 Å². The lowest BCUT2D eigenvalue weighted by atomic mass is 9.83. The number of carbonyl (C=O) groups is 3. The van der Waals surface area contributed by atoms with Crippen LogP contribution in [0.1, 0.15) is 51.4 Å². The van der Waals surface area contributed by atoms with Crippen LogP contribution in [0.3, 0.4) is 0 Å². The highest BCUT2D eigenvalue weighted by molar-refractivity contribution is 5.81. The zero-order valence-electron chi connectivity index (χ0n) is 16.6. The van der Waals surface area contributed by atoms with Crippen LogP contribution in [0.25, 0.3) is 0 Å². The predicted molar refractivity (Wildman–Crippen MR) is 106 cm³/mol. The summed E-state index contributed by atoms with van der Waals surface area (Å²) >= 11 is 0. The fraction of sp³-hybridized carbons (Fsp3) is 0.591. The van der Waals surface area contributed by atoms with Crippen molar-refractivity contribution in [1.29, 1.82) is 0 Å². The molecule has 0 spiro atoms. The minimum atomic E-state index is -0.382. The van der Waals surface area contributed by atoms with Crippen molar-refractivity contribution in [3.63, 3.8) is 0 Å². The maximum absolute atomic E-state index is 12.1. The summed E-state index contributed by atoms with van der Waals surface area (Å²) in [6.45, 7) is 8.57. The van der Waals surface area contributed by atoms with E-state index in [4.69, 9.17) is 14.2 Å². The molecule has 0 heterocycles. The van der Waals surface area contributed by atoms with Gasteiger partial charge in [0.05, 0.1) is 19.1 Å². The quantitative estimate of drug-likeness (QED) is 0.111. The molecule has 6 heteroatoms. The van der Waals surface area contributed by atoms with Gasteiger partial charge in [0.2, 0.25) is 0 Å². The van der Waals surface area contributed by atoms with Crippen LogP contribution in [0, 0.1) is 11.8 Å². The molecule has 6 nitrogen and oxygen atoms in total. The van der Waals surface area contributed by atoms with E-state index in [-0.39, 0.29) is 23.8 Å². The molecule has 0 saturated heterocycles. The highest BCUT2D eigenvalue weighted by atomic mass is 16.5. The first-order valence-electron chi connectivity index (χ1n) is 9.96. The molecule has 1 saturated carbocycles. The van der Waals surface area contributed by atoms with Crippen molar-refractivity contribution in [2.75, 3.05) is 19.8 Å². The van der Waals surface area contributed by atoms with Crippen LogP contribution >= 0.6 is 0 Å².